The summed E-state index contributed by atoms with van der Waals surface area (Å²) in [5.41, 5.74) is 0.962. The second-order valence-corrected chi connectivity index (χ2v) is 4.33. The molecule has 1 aromatic carbocycles. The molecule has 1 saturated carbocycles. The number of ether oxygens (including phenoxy) is 2. The molecule has 2 nitrogen and oxygen atoms in total. The molecule has 2 aliphatic rings. The summed E-state index contributed by atoms with van der Waals surface area (Å²) < 4.78 is 10.6. The van der Waals surface area contributed by atoms with Gasteiger partial charge in [-0.1, -0.05) is 17.5 Å². The molecule has 0 bridgehead atoms. The molecule has 1 aromatic rings. The topological polar surface area (TPSA) is 18.5 Å². The maximum atomic E-state index is 6.09. The number of hydrogen-bond acceptors (Lipinski definition) is 2. The number of benzene rings is 1. The van der Waals surface area contributed by atoms with E-state index < -0.39 is 0 Å². The van der Waals surface area contributed by atoms with Crippen LogP contribution in [0, 0.1) is 12.3 Å². The van der Waals surface area contributed by atoms with E-state index in [2.05, 4.69) is 5.92 Å². The zero-order valence-electron chi connectivity index (χ0n) is 8.05. The molecule has 0 spiro atoms. The first-order valence-electron chi connectivity index (χ1n) is 4.83. The molecule has 0 radical (unpaired) electrons. The van der Waals surface area contributed by atoms with Crippen molar-refractivity contribution in [2.24, 2.45) is 0 Å². The highest BCUT2D eigenvalue weighted by molar-refractivity contribution is 6.32. The van der Waals surface area contributed by atoms with Crippen LogP contribution in [0.3, 0.4) is 0 Å². The lowest BCUT2D eigenvalue weighted by molar-refractivity contribution is 0.174. The van der Waals surface area contributed by atoms with Crippen molar-refractivity contribution in [1.29, 1.82) is 0 Å². The van der Waals surface area contributed by atoms with Crippen LogP contribution < -0.4 is 9.47 Å². The third kappa shape index (κ3) is 1.20. The van der Waals surface area contributed by atoms with Crippen molar-refractivity contribution in [3.05, 3.63) is 22.7 Å². The molecule has 1 aliphatic heterocycles. The molecule has 0 amide bonds. The van der Waals surface area contributed by atoms with Crippen molar-refractivity contribution < 1.29 is 9.47 Å². The van der Waals surface area contributed by atoms with Gasteiger partial charge in [-0.25, -0.2) is 0 Å². The van der Waals surface area contributed by atoms with Gasteiger partial charge in [-0.2, -0.15) is 0 Å². The van der Waals surface area contributed by atoms with E-state index in [9.17, 15) is 0 Å². The van der Waals surface area contributed by atoms with E-state index in [1.807, 2.05) is 12.1 Å². The first-order valence-corrected chi connectivity index (χ1v) is 5.20. The highest BCUT2D eigenvalue weighted by Crippen LogP contribution is 2.51. The van der Waals surface area contributed by atoms with Gasteiger partial charge in [0.2, 0.25) is 6.79 Å². The van der Waals surface area contributed by atoms with Crippen molar-refractivity contribution in [3.8, 4) is 23.8 Å². The zero-order chi connectivity index (χ0) is 10.5. The third-order valence-corrected chi connectivity index (χ3v) is 3.29. The number of fused-ring (bicyclic) bond motifs is 1. The largest absolute Gasteiger partial charge is 0.454 e. The van der Waals surface area contributed by atoms with Crippen LogP contribution in [0.1, 0.15) is 18.4 Å². The lowest BCUT2D eigenvalue weighted by Crippen LogP contribution is -2.02. The van der Waals surface area contributed by atoms with Crippen LogP contribution in [0.5, 0.6) is 11.5 Å². The molecule has 3 heteroatoms. The van der Waals surface area contributed by atoms with Crippen LogP contribution in [0.4, 0.5) is 0 Å². The second-order valence-electron chi connectivity index (χ2n) is 3.92. The lowest BCUT2D eigenvalue weighted by atomic mass is 9.96. The van der Waals surface area contributed by atoms with E-state index in [0.717, 1.165) is 18.4 Å². The van der Waals surface area contributed by atoms with E-state index in [4.69, 9.17) is 27.5 Å². The minimum atomic E-state index is -0.107. The van der Waals surface area contributed by atoms with E-state index >= 15 is 0 Å². The molecule has 76 valence electrons. The SMILES string of the molecule is C#CC1(c2cc(Cl)c3c(c2)OCO3)CC1. The lowest BCUT2D eigenvalue weighted by Gasteiger charge is -2.09. The van der Waals surface area contributed by atoms with E-state index in [1.165, 1.54) is 0 Å². The molecular formula is C12H9ClO2. The van der Waals surface area contributed by atoms with Gasteiger partial charge in [0.25, 0.3) is 0 Å². The zero-order valence-corrected chi connectivity index (χ0v) is 8.80. The first-order chi connectivity index (χ1) is 7.25. The Labute approximate surface area is 93.1 Å². The predicted molar refractivity (Wildman–Crippen MR) is 57.3 cm³/mol. The Morgan fingerprint density at radius 2 is 2.13 bits per heavy atom. The Kier molecular flexibility index (Phi) is 1.69. The van der Waals surface area contributed by atoms with Crippen LogP contribution in [0.2, 0.25) is 5.02 Å². The molecule has 1 heterocycles. The maximum absolute atomic E-state index is 6.09. The fourth-order valence-electron chi connectivity index (χ4n) is 1.89. The monoisotopic (exact) mass is 220 g/mol. The molecule has 0 aromatic heterocycles. The predicted octanol–water partition coefficient (Wildman–Crippen LogP) is 2.73. The second kappa shape index (κ2) is 2.84. The van der Waals surface area contributed by atoms with Gasteiger partial charge in [0, 0.05) is 0 Å². The fourth-order valence-corrected chi connectivity index (χ4v) is 2.15. The molecule has 0 unspecified atom stereocenters. The summed E-state index contributed by atoms with van der Waals surface area (Å²) in [4.78, 5) is 0. The minimum absolute atomic E-state index is 0.107. The molecular weight excluding hydrogens is 212 g/mol. The maximum Gasteiger partial charge on any atom is 0.231 e. The van der Waals surface area contributed by atoms with Gasteiger partial charge in [0.15, 0.2) is 11.5 Å². The smallest absolute Gasteiger partial charge is 0.231 e. The summed E-state index contributed by atoms with van der Waals surface area (Å²) in [6.07, 6.45) is 7.59. The summed E-state index contributed by atoms with van der Waals surface area (Å²) in [6.45, 7) is 0.238. The van der Waals surface area contributed by atoms with Gasteiger partial charge < -0.3 is 9.47 Å². The van der Waals surface area contributed by atoms with E-state index in [1.54, 1.807) is 0 Å². The molecule has 0 N–H and O–H groups in total. The van der Waals surface area contributed by atoms with Gasteiger partial charge in [0.05, 0.1) is 10.4 Å². The molecule has 0 saturated heterocycles. The Morgan fingerprint density at radius 3 is 2.80 bits per heavy atom. The van der Waals surface area contributed by atoms with Crippen LogP contribution in [0.25, 0.3) is 0 Å². The van der Waals surface area contributed by atoms with Crippen molar-refractivity contribution >= 4 is 11.6 Å². The van der Waals surface area contributed by atoms with Crippen LogP contribution >= 0.6 is 11.6 Å². The number of halogens is 1. The average Bonchev–Trinajstić information content (AvgIpc) is 2.90. The first kappa shape index (κ1) is 8.94. The van der Waals surface area contributed by atoms with Gasteiger partial charge in [-0.15, -0.1) is 6.42 Å². The molecule has 1 fully saturated rings. The van der Waals surface area contributed by atoms with Crippen molar-refractivity contribution in [2.75, 3.05) is 6.79 Å². The highest BCUT2D eigenvalue weighted by atomic mass is 35.5. The standard InChI is InChI=1S/C12H9ClO2/c1-2-12(3-4-12)8-5-9(13)11-10(6-8)14-7-15-11/h1,5-6H,3-4,7H2. The van der Waals surface area contributed by atoms with Crippen molar-refractivity contribution in [2.45, 2.75) is 18.3 Å². The number of hydrogen-bond donors (Lipinski definition) is 0. The van der Waals surface area contributed by atoms with Gasteiger partial charge >= 0.3 is 0 Å². The van der Waals surface area contributed by atoms with Crippen LogP contribution in [-0.4, -0.2) is 6.79 Å². The molecule has 3 rings (SSSR count). The fraction of sp³-hybridized carbons (Fsp3) is 0.333. The highest BCUT2D eigenvalue weighted by Gasteiger charge is 2.43. The Morgan fingerprint density at radius 1 is 1.33 bits per heavy atom. The number of terminal acetylenes is 1. The third-order valence-electron chi connectivity index (χ3n) is 3.01. The van der Waals surface area contributed by atoms with Crippen molar-refractivity contribution in [1.82, 2.24) is 0 Å². The van der Waals surface area contributed by atoms with Gasteiger partial charge in [-0.05, 0) is 30.5 Å². The summed E-state index contributed by atoms with van der Waals surface area (Å²) >= 11 is 6.09. The Hall–Kier alpha value is -1.33. The Bertz CT molecular complexity index is 469. The van der Waals surface area contributed by atoms with Gasteiger partial charge in [0.1, 0.15) is 0 Å². The molecule has 1 aliphatic carbocycles. The van der Waals surface area contributed by atoms with Crippen molar-refractivity contribution in [3.63, 3.8) is 0 Å². The summed E-state index contributed by atoms with van der Waals surface area (Å²) in [5, 5.41) is 0.585. The van der Waals surface area contributed by atoms with Crippen LogP contribution in [-0.2, 0) is 5.41 Å². The average molecular weight is 221 g/mol. The quantitative estimate of drug-likeness (QED) is 0.678. The van der Waals surface area contributed by atoms with Crippen LogP contribution in [0.15, 0.2) is 12.1 Å². The Balaban J connectivity index is 2.13. The summed E-state index contributed by atoms with van der Waals surface area (Å²) in [6, 6.07) is 3.84. The summed E-state index contributed by atoms with van der Waals surface area (Å²) in [7, 11) is 0. The van der Waals surface area contributed by atoms with E-state index in [0.29, 0.717) is 16.5 Å². The summed E-state index contributed by atoms with van der Waals surface area (Å²) in [5.74, 6) is 4.17. The molecule has 15 heavy (non-hydrogen) atoms. The number of rotatable bonds is 1. The normalized spacial score (nSPS) is 19.7. The van der Waals surface area contributed by atoms with E-state index in [-0.39, 0.29) is 12.2 Å². The molecule has 0 atom stereocenters. The van der Waals surface area contributed by atoms with Gasteiger partial charge in [-0.3, -0.25) is 0 Å². The minimum Gasteiger partial charge on any atom is -0.454 e.